The lowest BCUT2D eigenvalue weighted by Crippen LogP contribution is -2.25. The summed E-state index contributed by atoms with van der Waals surface area (Å²) in [5.41, 5.74) is 0. The molecule has 0 spiro atoms. The van der Waals surface area contributed by atoms with Gasteiger partial charge in [0.05, 0.1) is 34.2 Å². The summed E-state index contributed by atoms with van der Waals surface area (Å²) in [6, 6.07) is 0. The van der Waals surface area contributed by atoms with E-state index in [1.165, 1.54) is 141 Å². The first-order valence-corrected chi connectivity index (χ1v) is 21.8. The molecule has 0 aromatic rings. The van der Waals surface area contributed by atoms with Crippen molar-refractivity contribution in [3.63, 3.8) is 0 Å². The second kappa shape index (κ2) is 31.1. The fourth-order valence-electron chi connectivity index (χ4n) is 5.50. The number of unbranched alkanes of at least 4 members (excludes halogenated alkanes) is 26. The molecule has 0 aliphatic rings. The van der Waals surface area contributed by atoms with Gasteiger partial charge in [0.1, 0.15) is 0 Å². The highest BCUT2D eigenvalue weighted by atomic mass is 32.3. The molecule has 0 saturated heterocycles. The molecule has 8 heteroatoms. The zero-order chi connectivity index (χ0) is 31.0. The van der Waals surface area contributed by atoms with Crippen LogP contribution in [0.4, 0.5) is 0 Å². The van der Waals surface area contributed by atoms with E-state index in [4.69, 9.17) is 8.37 Å². The van der Waals surface area contributed by atoms with Crippen molar-refractivity contribution in [3.8, 4) is 0 Å². The van der Waals surface area contributed by atoms with Gasteiger partial charge in [-0.25, -0.2) is 8.42 Å². The Kier molecular flexibility index (Phi) is 31.2. The maximum absolute atomic E-state index is 12.2. The van der Waals surface area contributed by atoms with Crippen LogP contribution >= 0.6 is 0 Å². The predicted octanol–water partition coefficient (Wildman–Crippen LogP) is 10.8. The van der Waals surface area contributed by atoms with Crippen LogP contribution in [0.3, 0.4) is 0 Å². The van der Waals surface area contributed by atoms with Gasteiger partial charge in [-0.05, 0) is 12.8 Å². The highest BCUT2D eigenvalue weighted by Gasteiger charge is 2.13. The van der Waals surface area contributed by atoms with Crippen molar-refractivity contribution in [1.82, 2.24) is 0 Å². The summed E-state index contributed by atoms with van der Waals surface area (Å²) in [6.45, 7) is 4.26. The maximum Gasteiger partial charge on any atom is 0.0887 e. The average molecular weight is 643 g/mol. The quantitative estimate of drug-likeness (QED) is 0.0406. The van der Waals surface area contributed by atoms with Crippen LogP contribution in [-0.4, -0.2) is 42.2 Å². The summed E-state index contributed by atoms with van der Waals surface area (Å²) in [7, 11) is -7.33. The third-order valence-electron chi connectivity index (χ3n) is 8.26. The lowest BCUT2D eigenvalue weighted by molar-refractivity contribution is 0.202. The van der Waals surface area contributed by atoms with Crippen LogP contribution in [0.2, 0.25) is 0 Å². The second-order valence-corrected chi connectivity index (χ2v) is 16.5. The van der Waals surface area contributed by atoms with Gasteiger partial charge in [-0.2, -0.15) is 0 Å². The summed E-state index contributed by atoms with van der Waals surface area (Å²) in [5.74, 6) is 0.279. The molecule has 0 aromatic carbocycles. The van der Waals surface area contributed by atoms with Gasteiger partial charge in [0.25, 0.3) is 0 Å². The molecule has 0 amide bonds. The van der Waals surface area contributed by atoms with Gasteiger partial charge in [0.15, 0.2) is 0 Å². The van der Waals surface area contributed by atoms with Crippen LogP contribution in [-0.2, 0) is 29.4 Å². The van der Waals surface area contributed by atoms with E-state index in [2.05, 4.69) is 13.8 Å². The van der Waals surface area contributed by atoms with Crippen molar-refractivity contribution >= 4 is 21.0 Å². The Balaban J connectivity index is 3.52. The van der Waals surface area contributed by atoms with Crippen molar-refractivity contribution in [2.24, 2.45) is 0 Å². The van der Waals surface area contributed by atoms with Gasteiger partial charge < -0.3 is 9.11 Å². The van der Waals surface area contributed by atoms with E-state index >= 15 is 0 Å². The first kappa shape index (κ1) is 42.1. The van der Waals surface area contributed by atoms with E-state index in [9.17, 15) is 17.5 Å². The molecule has 0 bridgehead atoms. The molecule has 0 atom stereocenters. The smallest absolute Gasteiger partial charge is 0.0887 e. The van der Waals surface area contributed by atoms with Crippen LogP contribution in [0.1, 0.15) is 194 Å². The van der Waals surface area contributed by atoms with Gasteiger partial charge in [0.2, 0.25) is 0 Å². The Hall–Kier alpha value is 0.140. The fraction of sp³-hybridized carbons (Fsp3) is 1.00. The minimum atomic E-state index is -3.66. The van der Waals surface area contributed by atoms with Gasteiger partial charge >= 0.3 is 0 Å². The molecule has 6 nitrogen and oxygen atoms in total. The molecule has 258 valence electrons. The number of hydrogen-bond donors (Lipinski definition) is 4. The Labute approximate surface area is 264 Å². The highest BCUT2D eigenvalue weighted by molar-refractivity contribution is 7.93. The van der Waals surface area contributed by atoms with Crippen molar-refractivity contribution in [2.45, 2.75) is 194 Å². The minimum Gasteiger partial charge on any atom is -0.309 e. The summed E-state index contributed by atoms with van der Waals surface area (Å²) < 4.78 is 54.7. The molecule has 0 aliphatic carbocycles. The molecule has 0 saturated carbocycles. The first-order valence-electron chi connectivity index (χ1n) is 18.3. The van der Waals surface area contributed by atoms with Gasteiger partial charge in [-0.15, -0.1) is 0 Å². The Morgan fingerprint density at radius 2 is 0.548 bits per heavy atom. The number of rotatable bonds is 35. The lowest BCUT2D eigenvalue weighted by atomic mass is 10.0. The van der Waals surface area contributed by atoms with Crippen molar-refractivity contribution in [3.05, 3.63) is 0 Å². The predicted molar refractivity (Wildman–Crippen MR) is 187 cm³/mol. The molecule has 0 rings (SSSR count). The van der Waals surface area contributed by atoms with E-state index < -0.39 is 21.0 Å². The molecule has 2 N–H and O–H groups in total. The van der Waals surface area contributed by atoms with Crippen LogP contribution in [0.5, 0.6) is 0 Å². The SMILES string of the molecule is CCCCCCCCCCCCCCCC[SH](=O)(O)OCCO[SH](=O)(O)CCCCCCCCCCCCCCCC. The summed E-state index contributed by atoms with van der Waals surface area (Å²) >= 11 is 0. The maximum atomic E-state index is 12.2. The van der Waals surface area contributed by atoms with Gasteiger partial charge in [0, 0.05) is 11.5 Å². The lowest BCUT2D eigenvalue weighted by Gasteiger charge is -2.21. The number of thiol groups is 2. The Morgan fingerprint density at radius 3 is 0.762 bits per heavy atom. The van der Waals surface area contributed by atoms with E-state index in [-0.39, 0.29) is 24.7 Å². The second-order valence-electron chi connectivity index (χ2n) is 12.6. The van der Waals surface area contributed by atoms with Crippen LogP contribution in [0.15, 0.2) is 0 Å². The zero-order valence-electron chi connectivity index (χ0n) is 28.0. The van der Waals surface area contributed by atoms with E-state index in [0.29, 0.717) is 12.8 Å². The molecule has 0 radical (unpaired) electrons. The molecule has 42 heavy (non-hydrogen) atoms. The summed E-state index contributed by atoms with van der Waals surface area (Å²) in [6.07, 6.45) is 34.7. The van der Waals surface area contributed by atoms with Gasteiger partial charge in [-0.1, -0.05) is 181 Å². The average Bonchev–Trinajstić information content (AvgIpc) is 2.95. The molecule has 0 unspecified atom stereocenters. The standard InChI is InChI=1S/C34H74O6S2/c1-3-5-7-9-11-13-15-17-19-21-23-25-27-29-33-41(35,36)39-31-32-40-42(37,38)34-30-28-26-24-22-20-18-16-14-12-10-8-6-4-2/h41-42H,3-34H2,1-2H3,(H,35,36)(H,37,38). The molecule has 0 aromatic heterocycles. The monoisotopic (exact) mass is 642 g/mol. The van der Waals surface area contributed by atoms with Crippen LogP contribution in [0.25, 0.3) is 0 Å². The highest BCUT2D eigenvalue weighted by Crippen LogP contribution is 2.16. The van der Waals surface area contributed by atoms with E-state index in [0.717, 1.165) is 25.7 Å². The normalized spacial score (nSPS) is 13.1. The Morgan fingerprint density at radius 1 is 0.357 bits per heavy atom. The van der Waals surface area contributed by atoms with Crippen LogP contribution < -0.4 is 0 Å². The fourth-order valence-corrected chi connectivity index (χ4v) is 7.73. The van der Waals surface area contributed by atoms with E-state index in [1.54, 1.807) is 0 Å². The zero-order valence-corrected chi connectivity index (χ0v) is 29.8. The summed E-state index contributed by atoms with van der Waals surface area (Å²) in [5, 5.41) is 0. The molecule has 0 fully saturated rings. The molecule has 0 aliphatic heterocycles. The largest absolute Gasteiger partial charge is 0.309 e. The molecular formula is C34H74O6S2. The van der Waals surface area contributed by atoms with Crippen molar-refractivity contribution < 1.29 is 25.9 Å². The summed E-state index contributed by atoms with van der Waals surface area (Å²) in [4.78, 5) is 0. The van der Waals surface area contributed by atoms with Crippen LogP contribution in [0, 0.1) is 0 Å². The minimum absolute atomic E-state index is 0.129. The third-order valence-corrected chi connectivity index (χ3v) is 11.2. The third kappa shape index (κ3) is 33.0. The Bertz CT molecular complexity index is 592. The molecule has 0 heterocycles. The topological polar surface area (TPSA) is 93.1 Å². The van der Waals surface area contributed by atoms with Crippen molar-refractivity contribution in [2.75, 3.05) is 24.7 Å². The number of hydrogen-bond acceptors (Lipinski definition) is 4. The van der Waals surface area contributed by atoms with Crippen molar-refractivity contribution in [1.29, 1.82) is 0 Å². The molecular weight excluding hydrogens is 569 g/mol. The first-order chi connectivity index (χ1) is 20.3. The van der Waals surface area contributed by atoms with Gasteiger partial charge in [-0.3, -0.25) is 8.37 Å². The van der Waals surface area contributed by atoms with E-state index in [1.807, 2.05) is 0 Å².